The lowest BCUT2D eigenvalue weighted by atomic mass is 10.1. The van der Waals surface area contributed by atoms with Crippen LogP contribution in [0.4, 0.5) is 11.4 Å². The first kappa shape index (κ1) is 19.6. The Kier molecular flexibility index (Phi) is 5.19. The zero-order valence-electron chi connectivity index (χ0n) is 15.3. The standard InChI is InChI=1S/C19H18N2O6S/c1-12(22)13-4-3-5-14(10-13)20-28(25,26)17-11-15(6-7-16(17)27-2)21-18(23)8-9-19(21)24/h3-7,10-11,20H,8-9H2,1-2H3. The number of Topliss-reactive ketones (excluding diaryl/α,β-unsaturated/α-hetero) is 1. The number of sulfonamides is 1. The van der Waals surface area contributed by atoms with Gasteiger partial charge in [0.1, 0.15) is 10.6 Å². The van der Waals surface area contributed by atoms with Crippen LogP contribution in [0.15, 0.2) is 47.4 Å². The van der Waals surface area contributed by atoms with Crippen LogP contribution < -0.4 is 14.4 Å². The zero-order chi connectivity index (χ0) is 20.5. The van der Waals surface area contributed by atoms with Crippen LogP contribution in [0, 0.1) is 0 Å². The molecule has 1 heterocycles. The van der Waals surface area contributed by atoms with Crippen LogP contribution in [0.3, 0.4) is 0 Å². The average molecular weight is 402 g/mol. The molecule has 0 spiro atoms. The number of carbonyl (C=O) groups is 3. The van der Waals surface area contributed by atoms with Crippen molar-refractivity contribution in [1.82, 2.24) is 0 Å². The third-order valence-electron chi connectivity index (χ3n) is 4.27. The number of anilines is 2. The second-order valence-electron chi connectivity index (χ2n) is 6.20. The predicted molar refractivity (Wildman–Crippen MR) is 102 cm³/mol. The highest BCUT2D eigenvalue weighted by Crippen LogP contribution is 2.32. The Morgan fingerprint density at radius 3 is 2.36 bits per heavy atom. The van der Waals surface area contributed by atoms with E-state index >= 15 is 0 Å². The van der Waals surface area contributed by atoms with Crippen LogP contribution in [0.1, 0.15) is 30.1 Å². The van der Waals surface area contributed by atoms with E-state index in [0.717, 1.165) is 4.90 Å². The van der Waals surface area contributed by atoms with Gasteiger partial charge in [0.05, 0.1) is 12.8 Å². The summed E-state index contributed by atoms with van der Waals surface area (Å²) in [7, 11) is -2.81. The molecule has 1 aliphatic rings. The number of methoxy groups -OCH3 is 1. The molecule has 2 amide bonds. The minimum Gasteiger partial charge on any atom is -0.495 e. The van der Waals surface area contributed by atoms with E-state index in [2.05, 4.69) is 4.72 Å². The number of imide groups is 1. The summed E-state index contributed by atoms with van der Waals surface area (Å²) in [5.41, 5.74) is 0.716. The van der Waals surface area contributed by atoms with E-state index in [0.29, 0.717) is 5.56 Å². The molecule has 0 aliphatic carbocycles. The Hall–Kier alpha value is -3.20. The van der Waals surface area contributed by atoms with Crippen molar-refractivity contribution in [2.75, 3.05) is 16.7 Å². The van der Waals surface area contributed by atoms with Crippen molar-refractivity contribution in [1.29, 1.82) is 0 Å². The Labute approximate surface area is 162 Å². The fraction of sp³-hybridized carbons (Fsp3) is 0.211. The van der Waals surface area contributed by atoms with E-state index in [-0.39, 0.29) is 52.5 Å². The van der Waals surface area contributed by atoms with Gasteiger partial charge in [-0.25, -0.2) is 8.42 Å². The number of nitrogens with zero attached hydrogens (tertiary/aromatic N) is 1. The summed E-state index contributed by atoms with van der Waals surface area (Å²) in [4.78, 5) is 36.2. The lowest BCUT2D eigenvalue weighted by Gasteiger charge is -2.17. The second kappa shape index (κ2) is 7.43. The fourth-order valence-electron chi connectivity index (χ4n) is 2.89. The van der Waals surface area contributed by atoms with Gasteiger partial charge in [-0.2, -0.15) is 0 Å². The molecule has 0 radical (unpaired) electrons. The van der Waals surface area contributed by atoms with E-state index in [9.17, 15) is 22.8 Å². The summed E-state index contributed by atoms with van der Waals surface area (Å²) in [5.74, 6) is -0.925. The molecule has 2 aromatic rings. The molecular formula is C19H18N2O6S. The minimum absolute atomic E-state index is 0.0538. The third kappa shape index (κ3) is 3.74. The largest absolute Gasteiger partial charge is 0.495 e. The Morgan fingerprint density at radius 1 is 1.07 bits per heavy atom. The van der Waals surface area contributed by atoms with Crippen LogP contribution in [0.5, 0.6) is 5.75 Å². The van der Waals surface area contributed by atoms with Crippen molar-refractivity contribution in [2.24, 2.45) is 0 Å². The van der Waals surface area contributed by atoms with Crippen LogP contribution in [0.2, 0.25) is 0 Å². The van der Waals surface area contributed by atoms with E-state index in [1.807, 2.05) is 0 Å². The molecule has 1 fully saturated rings. The van der Waals surface area contributed by atoms with Gasteiger partial charge in [-0.05, 0) is 37.3 Å². The molecule has 1 saturated heterocycles. The summed E-state index contributed by atoms with van der Waals surface area (Å²) in [6.07, 6.45) is 0.173. The first-order valence-electron chi connectivity index (χ1n) is 8.40. The van der Waals surface area contributed by atoms with Gasteiger partial charge in [0.2, 0.25) is 11.8 Å². The van der Waals surface area contributed by atoms with Gasteiger partial charge in [-0.3, -0.25) is 24.0 Å². The number of nitrogens with one attached hydrogen (secondary N) is 1. The zero-order valence-corrected chi connectivity index (χ0v) is 16.1. The molecule has 0 saturated carbocycles. The summed E-state index contributed by atoms with van der Waals surface area (Å²) in [6.45, 7) is 1.38. The number of ether oxygens (including phenoxy) is 1. The molecule has 28 heavy (non-hydrogen) atoms. The van der Waals surface area contributed by atoms with Gasteiger partial charge in [-0.1, -0.05) is 12.1 Å². The topological polar surface area (TPSA) is 110 Å². The maximum atomic E-state index is 12.9. The molecule has 0 unspecified atom stereocenters. The Bertz CT molecular complexity index is 1060. The predicted octanol–water partition coefficient (Wildman–Crippen LogP) is 2.35. The highest BCUT2D eigenvalue weighted by molar-refractivity contribution is 7.92. The number of carbonyl (C=O) groups excluding carboxylic acids is 3. The molecule has 2 aromatic carbocycles. The van der Waals surface area contributed by atoms with Gasteiger partial charge in [0.15, 0.2) is 5.78 Å². The Balaban J connectivity index is 2.02. The molecule has 0 aromatic heterocycles. The number of hydrogen-bond acceptors (Lipinski definition) is 6. The summed E-state index contributed by atoms with van der Waals surface area (Å²) in [6, 6.07) is 10.1. The average Bonchev–Trinajstić information content (AvgIpc) is 2.99. The van der Waals surface area contributed by atoms with Crippen molar-refractivity contribution >= 4 is 39.0 Å². The molecule has 8 nitrogen and oxygen atoms in total. The van der Waals surface area contributed by atoms with Crippen LogP contribution in [-0.4, -0.2) is 33.1 Å². The highest BCUT2D eigenvalue weighted by Gasteiger charge is 2.32. The monoisotopic (exact) mass is 402 g/mol. The van der Waals surface area contributed by atoms with Crippen molar-refractivity contribution in [3.8, 4) is 5.75 Å². The molecule has 1 N–H and O–H groups in total. The van der Waals surface area contributed by atoms with Gasteiger partial charge < -0.3 is 4.74 Å². The first-order valence-corrected chi connectivity index (χ1v) is 9.89. The van der Waals surface area contributed by atoms with E-state index in [4.69, 9.17) is 4.74 Å². The lowest BCUT2D eigenvalue weighted by Crippen LogP contribution is -2.28. The van der Waals surface area contributed by atoms with Crippen LogP contribution >= 0.6 is 0 Å². The summed E-state index contributed by atoms with van der Waals surface area (Å²) in [5, 5.41) is 0. The summed E-state index contributed by atoms with van der Waals surface area (Å²) >= 11 is 0. The molecule has 1 aliphatic heterocycles. The number of rotatable bonds is 6. The molecule has 3 rings (SSSR count). The van der Waals surface area contributed by atoms with E-state index in [1.54, 1.807) is 12.1 Å². The first-order chi connectivity index (χ1) is 13.2. The van der Waals surface area contributed by atoms with Gasteiger partial charge in [-0.15, -0.1) is 0 Å². The lowest BCUT2D eigenvalue weighted by molar-refractivity contribution is -0.121. The van der Waals surface area contributed by atoms with E-state index < -0.39 is 10.0 Å². The van der Waals surface area contributed by atoms with Gasteiger partial charge in [0, 0.05) is 24.1 Å². The number of ketones is 1. The molecule has 9 heteroatoms. The molecule has 0 bridgehead atoms. The second-order valence-corrected chi connectivity index (χ2v) is 7.85. The van der Waals surface area contributed by atoms with Crippen molar-refractivity contribution < 1.29 is 27.5 Å². The van der Waals surface area contributed by atoms with Crippen LogP contribution in [-0.2, 0) is 19.6 Å². The Morgan fingerprint density at radius 2 is 1.75 bits per heavy atom. The molecule has 0 atom stereocenters. The number of hydrogen-bond donors (Lipinski definition) is 1. The normalized spacial score (nSPS) is 14.3. The summed E-state index contributed by atoms with van der Waals surface area (Å²) < 4.78 is 33.4. The maximum absolute atomic E-state index is 12.9. The number of benzene rings is 2. The maximum Gasteiger partial charge on any atom is 0.265 e. The molecular weight excluding hydrogens is 384 g/mol. The minimum atomic E-state index is -4.12. The van der Waals surface area contributed by atoms with Gasteiger partial charge >= 0.3 is 0 Å². The van der Waals surface area contributed by atoms with Crippen molar-refractivity contribution in [3.05, 3.63) is 48.0 Å². The fourth-order valence-corrected chi connectivity index (χ4v) is 4.13. The van der Waals surface area contributed by atoms with Gasteiger partial charge in [0.25, 0.3) is 10.0 Å². The quantitative estimate of drug-likeness (QED) is 0.587. The highest BCUT2D eigenvalue weighted by atomic mass is 32.2. The third-order valence-corrected chi connectivity index (χ3v) is 5.67. The number of amides is 2. The van der Waals surface area contributed by atoms with Crippen LogP contribution in [0.25, 0.3) is 0 Å². The van der Waals surface area contributed by atoms with E-state index in [1.165, 1.54) is 44.4 Å². The SMILES string of the molecule is COc1ccc(N2C(=O)CCC2=O)cc1S(=O)(=O)Nc1cccc(C(C)=O)c1. The van der Waals surface area contributed by atoms with Crippen molar-refractivity contribution in [2.45, 2.75) is 24.7 Å². The van der Waals surface area contributed by atoms with Crippen molar-refractivity contribution in [3.63, 3.8) is 0 Å². The molecule has 146 valence electrons. The smallest absolute Gasteiger partial charge is 0.265 e.